The van der Waals surface area contributed by atoms with Gasteiger partial charge in [-0.15, -0.1) is 16.2 Å². The highest BCUT2D eigenvalue weighted by molar-refractivity contribution is 8.03. The first-order valence-corrected chi connectivity index (χ1v) is 12.2. The van der Waals surface area contributed by atoms with E-state index in [1.807, 2.05) is 30.3 Å². The molecule has 3 aliphatic rings. The average Bonchev–Trinajstić information content (AvgIpc) is 3.21. The number of fused-ring (bicyclic) bond motifs is 2. The Morgan fingerprint density at radius 2 is 1.81 bits per heavy atom. The molecule has 164 valence electrons. The summed E-state index contributed by atoms with van der Waals surface area (Å²) in [5.74, 6) is -1.72. The van der Waals surface area contributed by atoms with Gasteiger partial charge in [-0.25, -0.2) is 0 Å². The number of thioether (sulfide) groups is 1. The van der Waals surface area contributed by atoms with Gasteiger partial charge in [-0.1, -0.05) is 42.5 Å². The number of amides is 1. The van der Waals surface area contributed by atoms with Crippen molar-refractivity contribution < 1.29 is 23.4 Å². The maximum absolute atomic E-state index is 13.6. The molecule has 3 heterocycles. The van der Waals surface area contributed by atoms with Crippen molar-refractivity contribution in [1.82, 2.24) is 4.90 Å². The molecule has 0 aromatic heterocycles. The summed E-state index contributed by atoms with van der Waals surface area (Å²) < 4.78 is 29.3. The molecule has 0 radical (unpaired) electrons. The summed E-state index contributed by atoms with van der Waals surface area (Å²) in [5.41, 5.74) is 1.51. The molecule has 10 heteroatoms. The third-order valence-corrected chi connectivity index (χ3v) is 8.20. The van der Waals surface area contributed by atoms with Crippen molar-refractivity contribution in [2.75, 3.05) is 11.9 Å². The largest absolute Gasteiger partial charge is 0.511 e. The molecule has 3 aliphatic heterocycles. The number of para-hydroxylation sites is 1. The number of aliphatic hydroxyl groups is 2. The third kappa shape index (κ3) is 3.31. The predicted molar refractivity (Wildman–Crippen MR) is 121 cm³/mol. The van der Waals surface area contributed by atoms with E-state index in [1.165, 1.54) is 17.8 Å². The Morgan fingerprint density at radius 3 is 2.56 bits per heavy atom. The number of carbonyl (C=O) groups is 1. The second-order valence-electron chi connectivity index (χ2n) is 7.57. The highest BCUT2D eigenvalue weighted by Gasteiger charge is 2.48. The zero-order valence-corrected chi connectivity index (χ0v) is 18.3. The van der Waals surface area contributed by atoms with Gasteiger partial charge in [-0.05, 0) is 28.7 Å². The summed E-state index contributed by atoms with van der Waals surface area (Å²) in [4.78, 5) is 15.2. The number of aliphatic hydroxyl groups excluding tert-OH is 2. The molecule has 0 saturated carbocycles. The molecule has 0 bridgehead atoms. The Kier molecular flexibility index (Phi) is 5.07. The van der Waals surface area contributed by atoms with E-state index in [4.69, 9.17) is 0 Å². The Balaban J connectivity index is 1.62. The van der Waals surface area contributed by atoms with Crippen LogP contribution >= 0.6 is 11.8 Å². The van der Waals surface area contributed by atoms with Gasteiger partial charge >= 0.3 is 0 Å². The SMILES string of the molecule is O=C1C(C2=NS(=O)(=O)c3ccccc3N2)=C(O)C2C(CO)=CSC2N1Cc1ccccc1. The number of rotatable bonds is 4. The van der Waals surface area contributed by atoms with Crippen molar-refractivity contribution in [2.24, 2.45) is 10.3 Å². The summed E-state index contributed by atoms with van der Waals surface area (Å²) in [7, 11) is -4.06. The monoisotopic (exact) mass is 469 g/mol. The highest BCUT2D eigenvalue weighted by Crippen LogP contribution is 2.46. The van der Waals surface area contributed by atoms with Crippen molar-refractivity contribution in [3.63, 3.8) is 0 Å². The smallest absolute Gasteiger partial charge is 0.286 e. The molecule has 2 unspecified atom stereocenters. The standard InChI is InChI=1S/C22H19N3O5S2/c26-11-14-12-31-22-17(14)19(27)18(21(28)25(22)10-13-6-2-1-3-7-13)20-23-15-8-4-5-9-16(15)32(29,30)24-20/h1-9,12,17,22,26-27H,10-11H2,(H,23,24). The van der Waals surface area contributed by atoms with Crippen LogP contribution in [0.3, 0.4) is 0 Å². The Labute approximate surface area is 189 Å². The van der Waals surface area contributed by atoms with E-state index in [0.717, 1.165) is 5.56 Å². The number of nitrogens with zero attached hydrogens (tertiary/aromatic N) is 2. The fourth-order valence-electron chi connectivity index (χ4n) is 4.10. The molecule has 5 rings (SSSR count). The van der Waals surface area contributed by atoms with Gasteiger partial charge in [0.05, 0.1) is 23.6 Å². The van der Waals surface area contributed by atoms with E-state index in [9.17, 15) is 23.4 Å². The molecule has 0 spiro atoms. The van der Waals surface area contributed by atoms with Crippen molar-refractivity contribution in [2.45, 2.75) is 16.8 Å². The molecular formula is C22H19N3O5S2. The van der Waals surface area contributed by atoms with E-state index in [0.29, 0.717) is 5.57 Å². The lowest BCUT2D eigenvalue weighted by Crippen LogP contribution is -2.49. The zero-order valence-electron chi connectivity index (χ0n) is 16.7. The maximum atomic E-state index is 13.6. The molecular weight excluding hydrogens is 450 g/mol. The quantitative estimate of drug-likeness (QED) is 0.630. The van der Waals surface area contributed by atoms with Crippen LogP contribution in [0, 0.1) is 5.92 Å². The van der Waals surface area contributed by atoms with Crippen molar-refractivity contribution in [3.8, 4) is 0 Å². The van der Waals surface area contributed by atoms with Gasteiger partial charge in [0.25, 0.3) is 15.9 Å². The number of hydrogen-bond acceptors (Lipinski definition) is 7. The van der Waals surface area contributed by atoms with Gasteiger partial charge < -0.3 is 20.4 Å². The molecule has 0 fully saturated rings. The number of anilines is 1. The van der Waals surface area contributed by atoms with Gasteiger partial charge in [-0.2, -0.15) is 8.42 Å². The Morgan fingerprint density at radius 1 is 1.09 bits per heavy atom. The first-order chi connectivity index (χ1) is 15.4. The molecule has 0 saturated heterocycles. The summed E-state index contributed by atoms with van der Waals surface area (Å²) in [6.45, 7) is -0.0340. The Bertz CT molecular complexity index is 1300. The van der Waals surface area contributed by atoms with Crippen LogP contribution in [0.15, 0.2) is 86.2 Å². The fourth-order valence-corrected chi connectivity index (χ4v) is 6.54. The topological polar surface area (TPSA) is 119 Å². The minimum atomic E-state index is -4.06. The molecule has 2 aromatic carbocycles. The molecule has 8 nitrogen and oxygen atoms in total. The minimum absolute atomic E-state index is 0.00141. The molecule has 3 N–H and O–H groups in total. The Hall–Kier alpha value is -3.08. The van der Waals surface area contributed by atoms with Crippen LogP contribution in [-0.4, -0.2) is 47.3 Å². The summed E-state index contributed by atoms with van der Waals surface area (Å²) in [6.07, 6.45) is 0. The van der Waals surface area contributed by atoms with Gasteiger partial charge in [0, 0.05) is 6.54 Å². The number of hydrogen-bond donors (Lipinski definition) is 3. The number of carbonyl (C=O) groups excluding carboxylic acids is 1. The van der Waals surface area contributed by atoms with Gasteiger partial charge in [-0.3, -0.25) is 4.79 Å². The van der Waals surface area contributed by atoms with Crippen LogP contribution in [0.25, 0.3) is 0 Å². The number of benzene rings is 2. The second-order valence-corrected chi connectivity index (χ2v) is 10.1. The first-order valence-electron chi connectivity index (χ1n) is 9.85. The lowest BCUT2D eigenvalue weighted by molar-refractivity contribution is -0.129. The zero-order chi connectivity index (χ0) is 22.5. The highest BCUT2D eigenvalue weighted by atomic mass is 32.2. The second kappa shape index (κ2) is 7.80. The lowest BCUT2D eigenvalue weighted by Gasteiger charge is -2.39. The van der Waals surface area contributed by atoms with E-state index in [2.05, 4.69) is 9.71 Å². The predicted octanol–water partition coefficient (Wildman–Crippen LogP) is 2.62. The van der Waals surface area contributed by atoms with Crippen molar-refractivity contribution in [1.29, 1.82) is 0 Å². The number of sulfonamides is 1. The van der Waals surface area contributed by atoms with Crippen molar-refractivity contribution >= 4 is 39.2 Å². The van der Waals surface area contributed by atoms with Crippen LogP contribution in [0.5, 0.6) is 0 Å². The lowest BCUT2D eigenvalue weighted by atomic mass is 9.89. The van der Waals surface area contributed by atoms with E-state index in [-0.39, 0.29) is 40.9 Å². The number of amidine groups is 1. The number of nitrogens with one attached hydrogen (secondary N) is 1. The molecule has 1 amide bonds. The van der Waals surface area contributed by atoms with Crippen molar-refractivity contribution in [3.05, 3.63) is 82.5 Å². The molecule has 2 atom stereocenters. The summed E-state index contributed by atoms with van der Waals surface area (Å²) in [6, 6.07) is 15.6. The van der Waals surface area contributed by atoms with Gasteiger partial charge in [0.2, 0.25) is 0 Å². The molecule has 32 heavy (non-hydrogen) atoms. The van der Waals surface area contributed by atoms with Gasteiger partial charge in [0.1, 0.15) is 16.2 Å². The van der Waals surface area contributed by atoms with Crippen LogP contribution in [0.4, 0.5) is 5.69 Å². The third-order valence-electron chi connectivity index (χ3n) is 5.62. The van der Waals surface area contributed by atoms with E-state index in [1.54, 1.807) is 28.5 Å². The van der Waals surface area contributed by atoms with E-state index >= 15 is 0 Å². The fraction of sp³-hybridized carbons (Fsp3) is 0.182. The van der Waals surface area contributed by atoms with Crippen LogP contribution < -0.4 is 5.32 Å². The summed E-state index contributed by atoms with van der Waals surface area (Å²) >= 11 is 1.34. The first kappa shape index (κ1) is 20.8. The molecule has 2 aromatic rings. The van der Waals surface area contributed by atoms with Crippen LogP contribution in [0.1, 0.15) is 5.56 Å². The summed E-state index contributed by atoms with van der Waals surface area (Å²) in [5, 5.41) is 25.1. The average molecular weight is 470 g/mol. The van der Waals surface area contributed by atoms with Crippen LogP contribution in [-0.2, 0) is 21.4 Å². The van der Waals surface area contributed by atoms with Crippen LogP contribution in [0.2, 0.25) is 0 Å². The van der Waals surface area contributed by atoms with Gasteiger partial charge in [0.15, 0.2) is 5.84 Å². The van der Waals surface area contributed by atoms with E-state index < -0.39 is 27.2 Å². The maximum Gasteiger partial charge on any atom is 0.286 e. The minimum Gasteiger partial charge on any atom is -0.511 e. The normalized spacial score (nSPS) is 23.8. The molecule has 0 aliphatic carbocycles.